The van der Waals surface area contributed by atoms with E-state index in [0.29, 0.717) is 18.0 Å². The van der Waals surface area contributed by atoms with Gasteiger partial charge in [-0.3, -0.25) is 9.59 Å². The maximum atomic E-state index is 12.6. The van der Waals surface area contributed by atoms with Crippen molar-refractivity contribution in [3.8, 4) is 11.3 Å². The molecule has 0 spiro atoms. The van der Waals surface area contributed by atoms with Gasteiger partial charge in [0.1, 0.15) is 0 Å². The standard InChI is InChI=1S/C21H26N2O3S/c1-3-6-14-9-11-15(12-10-14)18-13(2)27-21(22-18)23-19(24)16-7-4-5-8-17(16)20(25)26/h9-12,16-17H,3-8H2,1-2H3,(H,25,26)(H,22,23,24)/t16-,17-/m1/s1. The van der Waals surface area contributed by atoms with Crippen LogP contribution in [0, 0.1) is 18.8 Å². The Bertz CT molecular complexity index is 813. The van der Waals surface area contributed by atoms with Gasteiger partial charge in [0.2, 0.25) is 5.91 Å². The van der Waals surface area contributed by atoms with E-state index in [1.165, 1.54) is 16.9 Å². The molecule has 0 aliphatic heterocycles. The predicted molar refractivity (Wildman–Crippen MR) is 108 cm³/mol. The van der Waals surface area contributed by atoms with Crippen molar-refractivity contribution in [2.45, 2.75) is 52.4 Å². The van der Waals surface area contributed by atoms with E-state index in [-0.39, 0.29) is 5.91 Å². The highest BCUT2D eigenvalue weighted by molar-refractivity contribution is 7.16. The molecule has 1 aromatic carbocycles. The maximum Gasteiger partial charge on any atom is 0.307 e. The molecule has 27 heavy (non-hydrogen) atoms. The number of anilines is 1. The Morgan fingerprint density at radius 1 is 1.19 bits per heavy atom. The monoisotopic (exact) mass is 386 g/mol. The van der Waals surface area contributed by atoms with Crippen LogP contribution in [0.5, 0.6) is 0 Å². The van der Waals surface area contributed by atoms with Crippen LogP contribution in [0.25, 0.3) is 11.3 Å². The van der Waals surface area contributed by atoms with E-state index in [2.05, 4.69) is 41.5 Å². The summed E-state index contributed by atoms with van der Waals surface area (Å²) < 4.78 is 0. The van der Waals surface area contributed by atoms with Gasteiger partial charge in [0, 0.05) is 10.4 Å². The Hall–Kier alpha value is -2.21. The first kappa shape index (κ1) is 19.5. The number of aliphatic carboxylic acids is 1. The van der Waals surface area contributed by atoms with Crippen molar-refractivity contribution in [3.63, 3.8) is 0 Å². The van der Waals surface area contributed by atoms with Gasteiger partial charge in [0.15, 0.2) is 5.13 Å². The van der Waals surface area contributed by atoms with E-state index in [4.69, 9.17) is 0 Å². The minimum absolute atomic E-state index is 0.222. The van der Waals surface area contributed by atoms with Gasteiger partial charge in [0.25, 0.3) is 0 Å². The summed E-state index contributed by atoms with van der Waals surface area (Å²) in [5.74, 6) is -2.17. The van der Waals surface area contributed by atoms with Crippen molar-refractivity contribution in [1.29, 1.82) is 0 Å². The molecule has 2 aromatic rings. The van der Waals surface area contributed by atoms with Crippen LogP contribution >= 0.6 is 11.3 Å². The van der Waals surface area contributed by atoms with Crippen molar-refractivity contribution < 1.29 is 14.7 Å². The van der Waals surface area contributed by atoms with Gasteiger partial charge in [-0.05, 0) is 31.7 Å². The number of carbonyl (C=O) groups is 2. The zero-order valence-electron chi connectivity index (χ0n) is 15.8. The van der Waals surface area contributed by atoms with Crippen LogP contribution in [-0.4, -0.2) is 22.0 Å². The quantitative estimate of drug-likeness (QED) is 0.740. The van der Waals surface area contributed by atoms with E-state index in [1.807, 2.05) is 6.92 Å². The van der Waals surface area contributed by atoms with Crippen molar-refractivity contribution >= 4 is 28.3 Å². The number of rotatable bonds is 6. The summed E-state index contributed by atoms with van der Waals surface area (Å²) in [6, 6.07) is 8.38. The van der Waals surface area contributed by atoms with Crippen LogP contribution in [0.2, 0.25) is 0 Å². The van der Waals surface area contributed by atoms with E-state index < -0.39 is 17.8 Å². The number of thiazole rings is 1. The average Bonchev–Trinajstić information content (AvgIpc) is 3.02. The molecule has 144 valence electrons. The Kier molecular flexibility index (Phi) is 6.26. The lowest BCUT2D eigenvalue weighted by molar-refractivity contribution is -0.147. The zero-order valence-corrected chi connectivity index (χ0v) is 16.6. The fourth-order valence-electron chi connectivity index (χ4n) is 3.77. The van der Waals surface area contributed by atoms with Gasteiger partial charge in [-0.25, -0.2) is 4.98 Å². The molecule has 1 aliphatic rings. The van der Waals surface area contributed by atoms with E-state index in [0.717, 1.165) is 41.8 Å². The first-order chi connectivity index (χ1) is 13.0. The molecule has 6 heteroatoms. The summed E-state index contributed by atoms with van der Waals surface area (Å²) >= 11 is 1.44. The number of hydrogen-bond donors (Lipinski definition) is 2. The lowest BCUT2D eigenvalue weighted by Gasteiger charge is -2.26. The molecule has 0 unspecified atom stereocenters. The summed E-state index contributed by atoms with van der Waals surface area (Å²) in [5, 5.41) is 12.8. The highest BCUT2D eigenvalue weighted by atomic mass is 32.1. The molecule has 3 rings (SSSR count). The minimum Gasteiger partial charge on any atom is -0.481 e. The summed E-state index contributed by atoms with van der Waals surface area (Å²) in [4.78, 5) is 29.7. The molecule has 2 N–H and O–H groups in total. The number of benzene rings is 1. The Morgan fingerprint density at radius 3 is 2.48 bits per heavy atom. The van der Waals surface area contributed by atoms with Crippen molar-refractivity contribution in [2.75, 3.05) is 5.32 Å². The molecule has 1 aromatic heterocycles. The van der Waals surface area contributed by atoms with Crippen LogP contribution in [-0.2, 0) is 16.0 Å². The van der Waals surface area contributed by atoms with Gasteiger partial charge in [-0.1, -0.05) is 50.5 Å². The Labute approximate surface area is 163 Å². The number of carboxylic acids is 1. The van der Waals surface area contributed by atoms with Crippen LogP contribution in [0.3, 0.4) is 0 Å². The van der Waals surface area contributed by atoms with Gasteiger partial charge in [0.05, 0.1) is 17.5 Å². The lowest BCUT2D eigenvalue weighted by Crippen LogP contribution is -2.36. The van der Waals surface area contributed by atoms with E-state index in [9.17, 15) is 14.7 Å². The summed E-state index contributed by atoms with van der Waals surface area (Å²) in [7, 11) is 0. The van der Waals surface area contributed by atoms with Gasteiger partial charge < -0.3 is 10.4 Å². The lowest BCUT2D eigenvalue weighted by atomic mass is 9.79. The summed E-state index contributed by atoms with van der Waals surface area (Å²) in [6.45, 7) is 4.15. The number of aromatic nitrogens is 1. The van der Waals surface area contributed by atoms with Gasteiger partial charge >= 0.3 is 5.97 Å². The highest BCUT2D eigenvalue weighted by Crippen LogP contribution is 2.34. The van der Waals surface area contributed by atoms with E-state index in [1.54, 1.807) is 0 Å². The van der Waals surface area contributed by atoms with Crippen LogP contribution in [0.15, 0.2) is 24.3 Å². The zero-order chi connectivity index (χ0) is 19.4. The second kappa shape index (κ2) is 8.65. The third-order valence-electron chi connectivity index (χ3n) is 5.21. The fourth-order valence-corrected chi connectivity index (χ4v) is 4.61. The number of hydrogen-bond acceptors (Lipinski definition) is 4. The van der Waals surface area contributed by atoms with Crippen LogP contribution < -0.4 is 5.32 Å². The van der Waals surface area contributed by atoms with Gasteiger partial charge in [-0.2, -0.15) is 0 Å². The number of aryl methyl sites for hydroxylation is 2. The third kappa shape index (κ3) is 4.56. The maximum absolute atomic E-state index is 12.6. The predicted octanol–water partition coefficient (Wildman–Crippen LogP) is 4.90. The molecule has 1 fully saturated rings. The van der Waals surface area contributed by atoms with Crippen LogP contribution in [0.1, 0.15) is 49.5 Å². The fraction of sp³-hybridized carbons (Fsp3) is 0.476. The molecular weight excluding hydrogens is 360 g/mol. The molecule has 0 saturated heterocycles. The second-order valence-corrected chi connectivity index (χ2v) is 8.40. The molecule has 1 heterocycles. The van der Waals surface area contributed by atoms with Crippen LogP contribution in [0.4, 0.5) is 5.13 Å². The first-order valence-electron chi connectivity index (χ1n) is 9.60. The topological polar surface area (TPSA) is 79.3 Å². The Morgan fingerprint density at radius 2 is 1.85 bits per heavy atom. The average molecular weight is 387 g/mol. The number of nitrogens with one attached hydrogen (secondary N) is 1. The smallest absolute Gasteiger partial charge is 0.307 e. The molecule has 5 nitrogen and oxygen atoms in total. The van der Waals surface area contributed by atoms with E-state index >= 15 is 0 Å². The Balaban J connectivity index is 1.74. The van der Waals surface area contributed by atoms with Crippen molar-refractivity contribution in [2.24, 2.45) is 11.8 Å². The first-order valence-corrected chi connectivity index (χ1v) is 10.4. The minimum atomic E-state index is -0.877. The number of amides is 1. The largest absolute Gasteiger partial charge is 0.481 e. The molecule has 1 aliphatic carbocycles. The third-order valence-corrected chi connectivity index (χ3v) is 6.10. The molecule has 0 bridgehead atoms. The van der Waals surface area contributed by atoms with Crippen molar-refractivity contribution in [1.82, 2.24) is 4.98 Å². The molecule has 1 saturated carbocycles. The molecule has 0 radical (unpaired) electrons. The second-order valence-electron chi connectivity index (χ2n) is 7.20. The number of nitrogens with zero attached hydrogens (tertiary/aromatic N) is 1. The SMILES string of the molecule is CCCc1ccc(-c2nc(NC(=O)[C@@H]3CCCC[C@H]3C(=O)O)sc2C)cc1. The summed E-state index contributed by atoms with van der Waals surface area (Å²) in [5.41, 5.74) is 3.21. The number of carboxylic acid groups (broad SMARTS) is 1. The normalized spacial score (nSPS) is 19.6. The number of carbonyl (C=O) groups excluding carboxylic acids is 1. The summed E-state index contributed by atoms with van der Waals surface area (Å²) in [6.07, 6.45) is 5.13. The molecule has 1 amide bonds. The van der Waals surface area contributed by atoms with Crippen molar-refractivity contribution in [3.05, 3.63) is 34.7 Å². The molecular formula is C21H26N2O3S. The van der Waals surface area contributed by atoms with Gasteiger partial charge in [-0.15, -0.1) is 11.3 Å². The molecule has 2 atom stereocenters. The highest BCUT2D eigenvalue weighted by Gasteiger charge is 2.36.